The maximum Gasteiger partial charge on any atom is 0.260 e. The number of pyridine rings is 1. The average Bonchev–Trinajstić information content (AvgIpc) is 3.30. The second kappa shape index (κ2) is 10.5. The van der Waals surface area contributed by atoms with E-state index in [1.807, 2.05) is 24.3 Å². The average molecular weight is 555 g/mol. The summed E-state index contributed by atoms with van der Waals surface area (Å²) in [6, 6.07) is 15.3. The molecule has 0 aliphatic carbocycles. The van der Waals surface area contributed by atoms with Crippen molar-refractivity contribution in [1.82, 2.24) is 14.3 Å². The van der Waals surface area contributed by atoms with Crippen molar-refractivity contribution in [3.63, 3.8) is 0 Å². The van der Waals surface area contributed by atoms with Gasteiger partial charge in [-0.15, -0.1) is 0 Å². The standard InChI is InChI=1S/C27H27ClN4O3S2/c1-18-12-19(2)16-31(15-18)37(34,35)23-8-5-21(6-9-23)26(33)32(17-20-4-3-11-29-14-20)27-30-24-10-7-22(28)13-25(24)36-27/h3-11,13-14,18-19H,12,15-17H2,1-2H3. The van der Waals surface area contributed by atoms with Gasteiger partial charge in [0.25, 0.3) is 5.91 Å². The topological polar surface area (TPSA) is 83.5 Å². The minimum atomic E-state index is -3.64. The molecule has 1 amide bonds. The number of sulfonamides is 1. The molecule has 1 aliphatic heterocycles. The Labute approximate surface area is 225 Å². The molecular weight excluding hydrogens is 528 g/mol. The van der Waals surface area contributed by atoms with Crippen molar-refractivity contribution in [2.24, 2.45) is 11.8 Å². The van der Waals surface area contributed by atoms with Gasteiger partial charge in [0.1, 0.15) is 0 Å². The van der Waals surface area contributed by atoms with E-state index in [2.05, 4.69) is 23.8 Å². The maximum absolute atomic E-state index is 13.7. The first-order valence-corrected chi connectivity index (χ1v) is 14.7. The van der Waals surface area contributed by atoms with Gasteiger partial charge in [0.05, 0.1) is 21.7 Å². The highest BCUT2D eigenvalue weighted by atomic mass is 35.5. The van der Waals surface area contributed by atoms with E-state index in [1.165, 1.54) is 23.5 Å². The Morgan fingerprint density at radius 1 is 1.11 bits per heavy atom. The Morgan fingerprint density at radius 3 is 2.51 bits per heavy atom. The molecule has 4 aromatic rings. The molecule has 10 heteroatoms. The number of hydrogen-bond donors (Lipinski definition) is 0. The second-order valence-corrected chi connectivity index (χ2v) is 13.0. The normalized spacial score (nSPS) is 18.7. The van der Waals surface area contributed by atoms with Gasteiger partial charge >= 0.3 is 0 Å². The number of carbonyl (C=O) groups excluding carboxylic acids is 1. The van der Waals surface area contributed by atoms with Crippen molar-refractivity contribution in [3.8, 4) is 0 Å². The van der Waals surface area contributed by atoms with E-state index in [0.717, 1.165) is 22.2 Å². The Balaban J connectivity index is 1.45. The van der Waals surface area contributed by atoms with Gasteiger partial charge < -0.3 is 0 Å². The number of carbonyl (C=O) groups is 1. The molecule has 0 spiro atoms. The lowest BCUT2D eigenvalue weighted by Crippen LogP contribution is -2.42. The molecule has 2 unspecified atom stereocenters. The molecule has 0 N–H and O–H groups in total. The number of halogens is 1. The zero-order valence-corrected chi connectivity index (χ0v) is 22.9. The Kier molecular flexibility index (Phi) is 7.31. The van der Waals surface area contributed by atoms with Crippen LogP contribution in [0.1, 0.15) is 36.2 Å². The monoisotopic (exact) mass is 554 g/mol. The molecule has 37 heavy (non-hydrogen) atoms. The number of amides is 1. The van der Waals surface area contributed by atoms with Gasteiger partial charge in [-0.3, -0.25) is 14.7 Å². The number of benzene rings is 2. The highest BCUT2D eigenvalue weighted by Gasteiger charge is 2.32. The minimum absolute atomic E-state index is 0.193. The maximum atomic E-state index is 13.7. The van der Waals surface area contributed by atoms with Gasteiger partial charge in [-0.05, 0) is 72.4 Å². The van der Waals surface area contributed by atoms with Crippen molar-refractivity contribution < 1.29 is 13.2 Å². The highest BCUT2D eigenvalue weighted by Crippen LogP contribution is 2.33. The third-order valence-electron chi connectivity index (χ3n) is 6.45. The summed E-state index contributed by atoms with van der Waals surface area (Å²) >= 11 is 7.53. The fourth-order valence-corrected chi connectivity index (χ4v) is 7.70. The summed E-state index contributed by atoms with van der Waals surface area (Å²) < 4.78 is 29.0. The summed E-state index contributed by atoms with van der Waals surface area (Å²) in [5, 5.41) is 1.13. The first kappa shape index (κ1) is 25.8. The van der Waals surface area contributed by atoms with E-state index in [4.69, 9.17) is 11.6 Å². The number of piperidine rings is 1. The van der Waals surface area contributed by atoms with Gasteiger partial charge in [-0.2, -0.15) is 4.31 Å². The molecule has 7 nitrogen and oxygen atoms in total. The number of thiazole rings is 1. The molecule has 1 saturated heterocycles. The number of hydrogen-bond acceptors (Lipinski definition) is 6. The van der Waals surface area contributed by atoms with Crippen LogP contribution in [0.5, 0.6) is 0 Å². The summed E-state index contributed by atoms with van der Waals surface area (Å²) in [6.45, 7) is 5.44. The largest absolute Gasteiger partial charge is 0.279 e. The van der Waals surface area contributed by atoms with Gasteiger partial charge in [0.15, 0.2) is 5.13 Å². The number of rotatable bonds is 6. The van der Waals surface area contributed by atoms with Crippen LogP contribution in [0.3, 0.4) is 0 Å². The summed E-state index contributed by atoms with van der Waals surface area (Å²) in [4.78, 5) is 24.4. The summed E-state index contributed by atoms with van der Waals surface area (Å²) in [6.07, 6.45) is 4.41. The van der Waals surface area contributed by atoms with E-state index in [-0.39, 0.29) is 17.3 Å². The lowest BCUT2D eigenvalue weighted by atomic mass is 9.94. The third kappa shape index (κ3) is 5.55. The molecule has 192 valence electrons. The number of nitrogens with zero attached hydrogens (tertiary/aromatic N) is 4. The minimum Gasteiger partial charge on any atom is -0.279 e. The van der Waals surface area contributed by atoms with Crippen LogP contribution in [0, 0.1) is 11.8 Å². The van der Waals surface area contributed by atoms with Crippen LogP contribution in [-0.4, -0.2) is 41.7 Å². The molecule has 2 atom stereocenters. The van der Waals surface area contributed by atoms with Crippen LogP contribution >= 0.6 is 22.9 Å². The van der Waals surface area contributed by atoms with E-state index in [1.54, 1.807) is 39.8 Å². The van der Waals surface area contributed by atoms with E-state index < -0.39 is 10.0 Å². The van der Waals surface area contributed by atoms with Crippen LogP contribution in [0.4, 0.5) is 5.13 Å². The molecule has 0 radical (unpaired) electrons. The summed E-state index contributed by atoms with van der Waals surface area (Å²) in [5.41, 5.74) is 1.97. The van der Waals surface area contributed by atoms with Crippen molar-refractivity contribution in [1.29, 1.82) is 0 Å². The summed E-state index contributed by atoms with van der Waals surface area (Å²) in [5.74, 6) is 0.339. The van der Waals surface area contributed by atoms with E-state index >= 15 is 0 Å². The van der Waals surface area contributed by atoms with Gasteiger partial charge in [-0.25, -0.2) is 13.4 Å². The van der Waals surface area contributed by atoms with Gasteiger partial charge in [-0.1, -0.05) is 42.9 Å². The van der Waals surface area contributed by atoms with Crippen LogP contribution in [0.2, 0.25) is 5.02 Å². The second-order valence-electron chi connectivity index (χ2n) is 9.65. The zero-order valence-electron chi connectivity index (χ0n) is 20.5. The molecule has 0 bridgehead atoms. The Hall–Kier alpha value is -2.85. The SMILES string of the molecule is CC1CC(C)CN(S(=O)(=O)c2ccc(C(=O)N(Cc3cccnc3)c3nc4ccc(Cl)cc4s3)cc2)C1. The Morgan fingerprint density at radius 2 is 1.84 bits per heavy atom. The molecular formula is C27H27ClN4O3S2. The molecule has 5 rings (SSSR count). The van der Waals surface area contributed by atoms with Gasteiger partial charge in [0, 0.05) is 36.1 Å². The highest BCUT2D eigenvalue weighted by molar-refractivity contribution is 7.89. The molecule has 0 saturated carbocycles. The smallest absolute Gasteiger partial charge is 0.260 e. The summed E-state index contributed by atoms with van der Waals surface area (Å²) in [7, 11) is -3.64. The van der Waals surface area contributed by atoms with Crippen molar-refractivity contribution in [2.75, 3.05) is 18.0 Å². The predicted molar refractivity (Wildman–Crippen MR) is 148 cm³/mol. The number of fused-ring (bicyclic) bond motifs is 1. The zero-order chi connectivity index (χ0) is 26.2. The Bertz CT molecular complexity index is 1510. The van der Waals surface area contributed by atoms with Crippen LogP contribution in [-0.2, 0) is 16.6 Å². The van der Waals surface area contributed by atoms with E-state index in [9.17, 15) is 13.2 Å². The molecule has 1 fully saturated rings. The molecule has 3 heterocycles. The number of aromatic nitrogens is 2. The molecule has 2 aromatic carbocycles. The first-order valence-electron chi connectivity index (χ1n) is 12.1. The van der Waals surface area contributed by atoms with E-state index in [0.29, 0.717) is 40.6 Å². The van der Waals surface area contributed by atoms with Crippen molar-refractivity contribution >= 4 is 54.2 Å². The van der Waals surface area contributed by atoms with Gasteiger partial charge in [0.2, 0.25) is 10.0 Å². The predicted octanol–water partition coefficient (Wildman–Crippen LogP) is 5.86. The van der Waals surface area contributed by atoms with Crippen LogP contribution in [0.25, 0.3) is 10.2 Å². The fraction of sp³-hybridized carbons (Fsp3) is 0.296. The van der Waals surface area contributed by atoms with Crippen molar-refractivity contribution in [2.45, 2.75) is 31.7 Å². The third-order valence-corrected chi connectivity index (χ3v) is 9.58. The van der Waals surface area contributed by atoms with Crippen LogP contribution in [0.15, 0.2) is 71.9 Å². The fourth-order valence-electron chi connectivity index (χ4n) is 4.78. The van der Waals surface area contributed by atoms with Crippen LogP contribution < -0.4 is 4.90 Å². The quantitative estimate of drug-likeness (QED) is 0.298. The molecule has 2 aromatic heterocycles. The van der Waals surface area contributed by atoms with Crippen molar-refractivity contribution in [3.05, 3.63) is 83.1 Å². The molecule has 1 aliphatic rings. The first-order chi connectivity index (χ1) is 17.7. The lowest BCUT2D eigenvalue weighted by Gasteiger charge is -2.34. The lowest BCUT2D eigenvalue weighted by molar-refractivity contribution is 0.0985. The number of anilines is 1.